The molecule has 1 N–H and O–H groups in total. The Labute approximate surface area is 133 Å². The van der Waals surface area contributed by atoms with Crippen molar-refractivity contribution in [3.05, 3.63) is 47.4 Å². The van der Waals surface area contributed by atoms with E-state index in [-0.39, 0.29) is 0 Å². The maximum atomic E-state index is 5.87. The van der Waals surface area contributed by atoms with Crippen molar-refractivity contribution in [2.75, 3.05) is 18.5 Å². The van der Waals surface area contributed by atoms with E-state index in [1.807, 2.05) is 18.2 Å². The number of ether oxygens (including phenoxy) is 1. The van der Waals surface area contributed by atoms with Crippen LogP contribution < -0.4 is 10.1 Å². The fourth-order valence-electron chi connectivity index (χ4n) is 2.54. The molecule has 0 radical (unpaired) electrons. The van der Waals surface area contributed by atoms with E-state index >= 15 is 0 Å². The molecule has 0 spiro atoms. The molecule has 2 rings (SSSR count). The maximum Gasteiger partial charge on any atom is 0.132 e. The summed E-state index contributed by atoms with van der Waals surface area (Å²) in [7, 11) is 0. The third kappa shape index (κ3) is 3.97. The van der Waals surface area contributed by atoms with E-state index in [0.717, 1.165) is 43.1 Å². The van der Waals surface area contributed by atoms with Crippen molar-refractivity contribution >= 4 is 5.82 Å². The largest absolute Gasteiger partial charge is 0.491 e. The zero-order valence-corrected chi connectivity index (χ0v) is 13.7. The molecule has 0 aliphatic carbocycles. The Balaban J connectivity index is 1.92. The summed E-state index contributed by atoms with van der Waals surface area (Å²) in [5.74, 6) is 1.90. The highest BCUT2D eigenvalue weighted by atomic mass is 16.5. The summed E-state index contributed by atoms with van der Waals surface area (Å²) in [4.78, 5) is 8.70. The second kappa shape index (κ2) is 8.37. The molecule has 0 unspecified atom stereocenters. The second-order valence-corrected chi connectivity index (χ2v) is 5.09. The van der Waals surface area contributed by atoms with Crippen LogP contribution >= 0.6 is 0 Å². The number of para-hydroxylation sites is 1. The lowest BCUT2D eigenvalue weighted by Crippen LogP contribution is -2.15. The van der Waals surface area contributed by atoms with E-state index in [1.165, 1.54) is 11.1 Å². The summed E-state index contributed by atoms with van der Waals surface area (Å²) < 4.78 is 5.87. The van der Waals surface area contributed by atoms with Gasteiger partial charge in [0.1, 0.15) is 24.5 Å². The van der Waals surface area contributed by atoms with E-state index in [1.54, 1.807) is 6.33 Å². The standard InChI is InChI=1S/C18H25N3O/c1-4-14-9-7-8-10-17(14)22-12-11-19-18-15(5-2)16(6-3)20-13-21-18/h7-10,13H,4-6,11-12H2,1-3H3,(H,19,20,21). The minimum Gasteiger partial charge on any atom is -0.491 e. The number of hydrogen-bond donors (Lipinski definition) is 1. The normalized spacial score (nSPS) is 10.5. The van der Waals surface area contributed by atoms with Crippen LogP contribution in [0.25, 0.3) is 0 Å². The molecule has 118 valence electrons. The predicted molar refractivity (Wildman–Crippen MR) is 90.6 cm³/mol. The summed E-state index contributed by atoms with van der Waals surface area (Å²) in [6.07, 6.45) is 4.48. The molecule has 4 heteroatoms. The number of benzene rings is 1. The first-order valence-electron chi connectivity index (χ1n) is 8.07. The van der Waals surface area contributed by atoms with Crippen molar-refractivity contribution in [2.45, 2.75) is 40.0 Å². The van der Waals surface area contributed by atoms with Gasteiger partial charge < -0.3 is 10.1 Å². The highest BCUT2D eigenvalue weighted by Gasteiger charge is 2.08. The van der Waals surface area contributed by atoms with Crippen molar-refractivity contribution in [2.24, 2.45) is 0 Å². The van der Waals surface area contributed by atoms with E-state index in [9.17, 15) is 0 Å². The van der Waals surface area contributed by atoms with Crippen LogP contribution in [0.15, 0.2) is 30.6 Å². The molecule has 4 nitrogen and oxygen atoms in total. The second-order valence-electron chi connectivity index (χ2n) is 5.09. The number of nitrogens with zero attached hydrogens (tertiary/aromatic N) is 2. The Morgan fingerprint density at radius 2 is 1.82 bits per heavy atom. The van der Waals surface area contributed by atoms with Crippen molar-refractivity contribution in [3.63, 3.8) is 0 Å². The lowest BCUT2D eigenvalue weighted by molar-refractivity contribution is 0.329. The number of anilines is 1. The van der Waals surface area contributed by atoms with Gasteiger partial charge in [-0.2, -0.15) is 0 Å². The first kappa shape index (κ1) is 16.3. The minimum atomic E-state index is 0.617. The Morgan fingerprint density at radius 3 is 2.55 bits per heavy atom. The molecule has 0 saturated heterocycles. The lowest BCUT2D eigenvalue weighted by atomic mass is 10.1. The quantitative estimate of drug-likeness (QED) is 0.756. The van der Waals surface area contributed by atoms with Crippen LogP contribution in [-0.4, -0.2) is 23.1 Å². The molecular weight excluding hydrogens is 274 g/mol. The predicted octanol–water partition coefficient (Wildman–Crippen LogP) is 3.65. The first-order chi connectivity index (χ1) is 10.8. The number of aryl methyl sites for hydroxylation is 2. The lowest BCUT2D eigenvalue weighted by Gasteiger charge is -2.14. The summed E-state index contributed by atoms with van der Waals surface area (Å²) in [6.45, 7) is 7.74. The molecule has 0 aliphatic rings. The van der Waals surface area contributed by atoms with Crippen LogP contribution in [0.3, 0.4) is 0 Å². The summed E-state index contributed by atoms with van der Waals surface area (Å²) in [5.41, 5.74) is 3.57. The number of hydrogen-bond acceptors (Lipinski definition) is 4. The molecule has 0 aliphatic heterocycles. The van der Waals surface area contributed by atoms with E-state index < -0.39 is 0 Å². The van der Waals surface area contributed by atoms with Crippen LogP contribution in [0.1, 0.15) is 37.6 Å². The molecule has 1 aromatic carbocycles. The zero-order chi connectivity index (χ0) is 15.8. The molecular formula is C18H25N3O. The highest BCUT2D eigenvalue weighted by molar-refractivity contribution is 5.46. The van der Waals surface area contributed by atoms with Gasteiger partial charge in [0.25, 0.3) is 0 Å². The van der Waals surface area contributed by atoms with Gasteiger partial charge in [-0.1, -0.05) is 39.0 Å². The van der Waals surface area contributed by atoms with Crippen molar-refractivity contribution < 1.29 is 4.74 Å². The topological polar surface area (TPSA) is 47.0 Å². The van der Waals surface area contributed by atoms with Crippen LogP contribution in [0.4, 0.5) is 5.82 Å². The molecule has 2 aromatic rings. The minimum absolute atomic E-state index is 0.617. The molecule has 0 atom stereocenters. The van der Waals surface area contributed by atoms with Gasteiger partial charge in [-0.25, -0.2) is 9.97 Å². The van der Waals surface area contributed by atoms with Crippen LogP contribution in [0.2, 0.25) is 0 Å². The highest BCUT2D eigenvalue weighted by Crippen LogP contribution is 2.19. The van der Waals surface area contributed by atoms with E-state index in [0.29, 0.717) is 6.61 Å². The third-order valence-electron chi connectivity index (χ3n) is 3.73. The van der Waals surface area contributed by atoms with Gasteiger partial charge in [-0.05, 0) is 30.9 Å². The maximum absolute atomic E-state index is 5.87. The number of rotatable bonds is 8. The molecule has 0 fully saturated rings. The van der Waals surface area contributed by atoms with Gasteiger partial charge in [0.15, 0.2) is 0 Å². The summed E-state index contributed by atoms with van der Waals surface area (Å²) in [6, 6.07) is 8.19. The Hall–Kier alpha value is -2.10. The molecule has 0 saturated carbocycles. The van der Waals surface area contributed by atoms with Gasteiger partial charge in [-0.15, -0.1) is 0 Å². The van der Waals surface area contributed by atoms with E-state index in [2.05, 4.69) is 42.1 Å². The van der Waals surface area contributed by atoms with Gasteiger partial charge in [0.2, 0.25) is 0 Å². The summed E-state index contributed by atoms with van der Waals surface area (Å²) >= 11 is 0. The Bertz CT molecular complexity index is 599. The monoisotopic (exact) mass is 299 g/mol. The third-order valence-corrected chi connectivity index (χ3v) is 3.73. The van der Waals surface area contributed by atoms with Gasteiger partial charge in [0, 0.05) is 11.3 Å². The Kier molecular flexibility index (Phi) is 6.19. The molecule has 0 bridgehead atoms. The van der Waals surface area contributed by atoms with Crippen molar-refractivity contribution in [1.29, 1.82) is 0 Å². The average Bonchev–Trinajstić information content (AvgIpc) is 2.58. The van der Waals surface area contributed by atoms with Crippen LogP contribution in [0, 0.1) is 0 Å². The fraction of sp³-hybridized carbons (Fsp3) is 0.444. The fourth-order valence-corrected chi connectivity index (χ4v) is 2.54. The van der Waals surface area contributed by atoms with Gasteiger partial charge in [0.05, 0.1) is 6.54 Å². The molecule has 0 amide bonds. The molecule has 1 heterocycles. The SMILES string of the molecule is CCc1ccccc1OCCNc1ncnc(CC)c1CC. The molecule has 22 heavy (non-hydrogen) atoms. The molecule has 1 aromatic heterocycles. The number of aromatic nitrogens is 2. The van der Waals surface area contributed by atoms with Crippen molar-refractivity contribution in [1.82, 2.24) is 9.97 Å². The van der Waals surface area contributed by atoms with Crippen LogP contribution in [0.5, 0.6) is 5.75 Å². The van der Waals surface area contributed by atoms with Gasteiger partial charge >= 0.3 is 0 Å². The van der Waals surface area contributed by atoms with E-state index in [4.69, 9.17) is 4.74 Å². The smallest absolute Gasteiger partial charge is 0.132 e. The summed E-state index contributed by atoms with van der Waals surface area (Å²) in [5, 5.41) is 3.37. The van der Waals surface area contributed by atoms with Gasteiger partial charge in [-0.3, -0.25) is 0 Å². The zero-order valence-electron chi connectivity index (χ0n) is 13.7. The van der Waals surface area contributed by atoms with Crippen LogP contribution in [-0.2, 0) is 19.3 Å². The Morgan fingerprint density at radius 1 is 1.00 bits per heavy atom. The first-order valence-corrected chi connectivity index (χ1v) is 8.07. The number of nitrogens with one attached hydrogen (secondary N) is 1. The van der Waals surface area contributed by atoms with Crippen molar-refractivity contribution in [3.8, 4) is 5.75 Å². The average molecular weight is 299 g/mol.